The van der Waals surface area contributed by atoms with Crippen LogP contribution in [0, 0.1) is 5.82 Å². The van der Waals surface area contributed by atoms with Crippen molar-refractivity contribution in [3.8, 4) is 17.2 Å². The summed E-state index contributed by atoms with van der Waals surface area (Å²) in [5.41, 5.74) is 1.11. The lowest BCUT2D eigenvalue weighted by molar-refractivity contribution is -0.130. The lowest BCUT2D eigenvalue weighted by Gasteiger charge is -2.27. The molecule has 0 saturated carbocycles. The Labute approximate surface area is 239 Å². The van der Waals surface area contributed by atoms with Crippen LogP contribution >= 0.6 is 15.9 Å². The minimum atomic E-state index is -0.832. The lowest BCUT2D eigenvalue weighted by Crippen LogP contribution is -2.53. The topological polar surface area (TPSA) is 94.2 Å². The smallest absolute Gasteiger partial charge is 0.331 e. The number of barbiturate groups is 1. The third-order valence-corrected chi connectivity index (χ3v) is 6.40. The molecule has 1 saturated heterocycles. The first-order chi connectivity index (χ1) is 19.3. The van der Waals surface area contributed by atoms with Gasteiger partial charge in [-0.15, -0.1) is 0 Å². The quantitative estimate of drug-likeness (QED) is 0.211. The molecule has 0 unspecified atom stereocenters. The van der Waals surface area contributed by atoms with Crippen LogP contribution in [0.25, 0.3) is 6.08 Å². The first-order valence-electron chi connectivity index (χ1n) is 12.7. The molecule has 1 aliphatic rings. The lowest BCUT2D eigenvalue weighted by atomic mass is 10.1. The van der Waals surface area contributed by atoms with E-state index in [9.17, 15) is 18.8 Å². The molecule has 10 heteroatoms. The summed E-state index contributed by atoms with van der Waals surface area (Å²) in [6, 6.07) is 15.6. The van der Waals surface area contributed by atoms with Gasteiger partial charge in [0.1, 0.15) is 23.7 Å². The second kappa shape index (κ2) is 13.3. The SMILES string of the molecule is CCCOc1ccc(CN2C(=O)NC(=O)/C(=C\c3cc(Br)ccc3OCc3ccccc3F)C2=O)cc1OCC. The van der Waals surface area contributed by atoms with Gasteiger partial charge in [0.05, 0.1) is 19.8 Å². The first kappa shape index (κ1) is 28.8. The zero-order valence-electron chi connectivity index (χ0n) is 22.0. The zero-order valence-corrected chi connectivity index (χ0v) is 23.6. The summed E-state index contributed by atoms with van der Waals surface area (Å²) in [6.07, 6.45) is 2.18. The molecule has 1 heterocycles. The normalized spacial score (nSPS) is 14.3. The van der Waals surface area contributed by atoms with E-state index in [1.807, 2.05) is 13.8 Å². The largest absolute Gasteiger partial charge is 0.490 e. The molecule has 1 N–H and O–H groups in total. The number of amides is 4. The zero-order chi connectivity index (χ0) is 28.6. The fourth-order valence-electron chi connectivity index (χ4n) is 3.96. The van der Waals surface area contributed by atoms with Gasteiger partial charge in [0.25, 0.3) is 11.8 Å². The highest BCUT2D eigenvalue weighted by atomic mass is 79.9. The van der Waals surface area contributed by atoms with Crippen LogP contribution in [0.5, 0.6) is 17.2 Å². The van der Waals surface area contributed by atoms with Gasteiger partial charge in [-0.05, 0) is 61.4 Å². The van der Waals surface area contributed by atoms with Gasteiger partial charge in [0.15, 0.2) is 11.5 Å². The average molecular weight is 611 g/mol. The van der Waals surface area contributed by atoms with E-state index in [0.717, 1.165) is 11.3 Å². The van der Waals surface area contributed by atoms with Gasteiger partial charge in [0, 0.05) is 15.6 Å². The van der Waals surface area contributed by atoms with Crippen molar-refractivity contribution < 1.29 is 33.0 Å². The van der Waals surface area contributed by atoms with E-state index >= 15 is 0 Å². The highest BCUT2D eigenvalue weighted by Crippen LogP contribution is 2.31. The van der Waals surface area contributed by atoms with Crippen LogP contribution in [-0.2, 0) is 22.7 Å². The molecule has 0 spiro atoms. The van der Waals surface area contributed by atoms with E-state index in [1.165, 1.54) is 12.1 Å². The van der Waals surface area contributed by atoms with Crippen molar-refractivity contribution in [2.24, 2.45) is 0 Å². The monoisotopic (exact) mass is 610 g/mol. The Morgan fingerprint density at radius 3 is 2.45 bits per heavy atom. The van der Waals surface area contributed by atoms with Crippen LogP contribution in [0.4, 0.5) is 9.18 Å². The minimum Gasteiger partial charge on any atom is -0.490 e. The van der Waals surface area contributed by atoms with Crippen LogP contribution in [-0.4, -0.2) is 36.0 Å². The molecule has 0 aromatic heterocycles. The molecule has 1 fully saturated rings. The van der Waals surface area contributed by atoms with Crippen molar-refractivity contribution in [1.29, 1.82) is 0 Å². The van der Waals surface area contributed by atoms with Crippen LogP contribution in [0.15, 0.2) is 70.7 Å². The number of benzene rings is 3. The van der Waals surface area contributed by atoms with Gasteiger partial charge in [-0.25, -0.2) is 9.18 Å². The summed E-state index contributed by atoms with van der Waals surface area (Å²) in [5.74, 6) is -0.617. The maximum Gasteiger partial charge on any atom is 0.331 e. The highest BCUT2D eigenvalue weighted by molar-refractivity contribution is 9.10. The second-order valence-corrected chi connectivity index (χ2v) is 9.75. The number of imide groups is 2. The van der Waals surface area contributed by atoms with Gasteiger partial charge in [-0.3, -0.25) is 19.8 Å². The number of carbonyl (C=O) groups is 3. The molecule has 8 nitrogen and oxygen atoms in total. The Hall–Kier alpha value is -4.18. The van der Waals surface area contributed by atoms with E-state index in [1.54, 1.807) is 54.6 Å². The molecule has 0 aliphatic carbocycles. The summed E-state index contributed by atoms with van der Waals surface area (Å²) in [6.45, 7) is 4.60. The Kier molecular flexibility index (Phi) is 9.55. The van der Waals surface area contributed by atoms with Crippen molar-refractivity contribution in [1.82, 2.24) is 10.2 Å². The number of carbonyl (C=O) groups excluding carboxylic acids is 3. The molecule has 4 rings (SSSR count). The van der Waals surface area contributed by atoms with Gasteiger partial charge in [0.2, 0.25) is 0 Å². The Bertz CT molecular complexity index is 1460. The molecule has 0 atom stereocenters. The molecule has 40 heavy (non-hydrogen) atoms. The highest BCUT2D eigenvalue weighted by Gasteiger charge is 2.36. The molecule has 3 aromatic rings. The second-order valence-electron chi connectivity index (χ2n) is 8.83. The molecule has 4 amide bonds. The van der Waals surface area contributed by atoms with E-state index in [4.69, 9.17) is 14.2 Å². The van der Waals surface area contributed by atoms with Gasteiger partial charge in [-0.1, -0.05) is 47.1 Å². The van der Waals surface area contributed by atoms with Crippen molar-refractivity contribution >= 4 is 39.9 Å². The maximum atomic E-state index is 14.1. The van der Waals surface area contributed by atoms with E-state index in [2.05, 4.69) is 21.2 Å². The molecule has 1 aliphatic heterocycles. The number of nitrogens with one attached hydrogen (secondary N) is 1. The summed E-state index contributed by atoms with van der Waals surface area (Å²) in [7, 11) is 0. The number of urea groups is 1. The molecule has 3 aromatic carbocycles. The fourth-order valence-corrected chi connectivity index (χ4v) is 4.34. The fraction of sp³-hybridized carbons (Fsp3) is 0.233. The number of rotatable bonds is 11. The molecular formula is C30H28BrFN2O6. The standard InChI is InChI=1S/C30H28BrFN2O6/c1-3-13-39-26-11-9-19(14-27(26)38-4-2)17-34-29(36)23(28(35)33-30(34)37)16-21-15-22(31)10-12-25(21)40-18-20-7-5-6-8-24(20)32/h5-12,14-16H,3-4,13,17-18H2,1-2H3,(H,33,35,37)/b23-16+. The third kappa shape index (κ3) is 6.87. The maximum absolute atomic E-state index is 14.1. The molecule has 208 valence electrons. The Morgan fingerprint density at radius 1 is 0.925 bits per heavy atom. The van der Waals surface area contributed by atoms with Crippen molar-refractivity contribution in [3.63, 3.8) is 0 Å². The predicted octanol–water partition coefficient (Wildman–Crippen LogP) is 6.02. The predicted molar refractivity (Wildman–Crippen MR) is 150 cm³/mol. The summed E-state index contributed by atoms with van der Waals surface area (Å²) < 4.78 is 32.0. The van der Waals surface area contributed by atoms with Crippen LogP contribution in [0.1, 0.15) is 37.0 Å². The number of halogens is 2. The van der Waals surface area contributed by atoms with Gasteiger partial charge in [-0.2, -0.15) is 0 Å². The number of hydrogen-bond acceptors (Lipinski definition) is 6. The third-order valence-electron chi connectivity index (χ3n) is 5.91. The van der Waals surface area contributed by atoms with Gasteiger partial charge < -0.3 is 14.2 Å². The summed E-state index contributed by atoms with van der Waals surface area (Å²) in [5, 5.41) is 2.23. The van der Waals surface area contributed by atoms with E-state index in [0.29, 0.717) is 51.6 Å². The van der Waals surface area contributed by atoms with Crippen LogP contribution in [0.2, 0.25) is 0 Å². The number of nitrogens with zero attached hydrogens (tertiary/aromatic N) is 1. The molecular weight excluding hydrogens is 583 g/mol. The van der Waals surface area contributed by atoms with Crippen molar-refractivity contribution in [2.75, 3.05) is 13.2 Å². The minimum absolute atomic E-state index is 0.0602. The summed E-state index contributed by atoms with van der Waals surface area (Å²) in [4.78, 5) is 39.8. The van der Waals surface area contributed by atoms with Crippen molar-refractivity contribution in [2.45, 2.75) is 33.4 Å². The molecule has 0 radical (unpaired) electrons. The average Bonchev–Trinajstić information content (AvgIpc) is 2.93. The molecule has 0 bridgehead atoms. The Morgan fingerprint density at radius 2 is 1.70 bits per heavy atom. The van der Waals surface area contributed by atoms with E-state index < -0.39 is 23.7 Å². The van der Waals surface area contributed by atoms with Crippen LogP contribution in [0.3, 0.4) is 0 Å². The van der Waals surface area contributed by atoms with Crippen molar-refractivity contribution in [3.05, 3.63) is 93.2 Å². The number of ether oxygens (including phenoxy) is 3. The van der Waals surface area contributed by atoms with Crippen LogP contribution < -0.4 is 19.5 Å². The van der Waals surface area contributed by atoms with E-state index in [-0.39, 0.29) is 18.7 Å². The first-order valence-corrected chi connectivity index (χ1v) is 13.5. The number of hydrogen-bond donors (Lipinski definition) is 1. The Balaban J connectivity index is 1.60. The summed E-state index contributed by atoms with van der Waals surface area (Å²) >= 11 is 3.39. The van der Waals surface area contributed by atoms with Gasteiger partial charge >= 0.3 is 6.03 Å².